The third kappa shape index (κ3) is 4.13. The fourth-order valence-electron chi connectivity index (χ4n) is 2.83. The first-order valence-electron chi connectivity index (χ1n) is 8.09. The monoisotopic (exact) mass is 396 g/mol. The van der Waals surface area contributed by atoms with Crippen molar-refractivity contribution in [3.63, 3.8) is 0 Å². The van der Waals surface area contributed by atoms with Crippen LogP contribution in [0.2, 0.25) is 0 Å². The van der Waals surface area contributed by atoms with E-state index in [2.05, 4.69) is 17.0 Å². The van der Waals surface area contributed by atoms with E-state index in [0.717, 1.165) is 29.7 Å². The molecule has 0 saturated heterocycles. The summed E-state index contributed by atoms with van der Waals surface area (Å²) in [7, 11) is -3.58. The number of aryl methyl sites for hydroxylation is 1. The summed E-state index contributed by atoms with van der Waals surface area (Å²) in [6.07, 6.45) is 2.26. The number of ether oxygens (including phenoxy) is 1. The van der Waals surface area contributed by atoms with E-state index in [1.807, 2.05) is 19.1 Å². The number of fused-ring (bicyclic) bond motifs is 1. The first kappa shape index (κ1) is 18.2. The molecule has 2 aromatic rings. The number of hydrogen-bond donors (Lipinski definition) is 2. The minimum Gasteiger partial charge on any atom is -0.467 e. The second-order valence-electron chi connectivity index (χ2n) is 6.00. The van der Waals surface area contributed by atoms with Gasteiger partial charge in [-0.1, -0.05) is 19.4 Å². The van der Waals surface area contributed by atoms with Gasteiger partial charge < -0.3 is 10.1 Å². The summed E-state index contributed by atoms with van der Waals surface area (Å²) in [5.41, 5.74) is 3.43. The molecule has 1 aromatic heterocycles. The highest BCUT2D eigenvalue weighted by Gasteiger charge is 2.22. The summed E-state index contributed by atoms with van der Waals surface area (Å²) in [5.74, 6) is 0. The Bertz CT molecular complexity index is 877. The zero-order valence-corrected chi connectivity index (χ0v) is 16.5. The number of thiophene rings is 1. The highest BCUT2D eigenvalue weighted by Crippen LogP contribution is 2.32. The fourth-order valence-corrected chi connectivity index (χ4v) is 5.19. The maximum atomic E-state index is 12.6. The lowest BCUT2D eigenvalue weighted by Gasteiger charge is -2.16. The van der Waals surface area contributed by atoms with E-state index in [0.29, 0.717) is 21.5 Å². The van der Waals surface area contributed by atoms with Gasteiger partial charge in [0.25, 0.3) is 15.2 Å². The molecule has 1 aliphatic rings. The maximum Gasteiger partial charge on any atom is 0.271 e. The summed E-state index contributed by atoms with van der Waals surface area (Å²) in [6, 6.07) is 7.20. The number of benzene rings is 1. The van der Waals surface area contributed by atoms with Crippen molar-refractivity contribution >= 4 is 50.1 Å². The van der Waals surface area contributed by atoms with E-state index in [9.17, 15) is 8.42 Å². The zero-order valence-electron chi connectivity index (χ0n) is 14.0. The van der Waals surface area contributed by atoms with Crippen molar-refractivity contribution in [2.24, 2.45) is 0 Å². The zero-order chi connectivity index (χ0) is 18.0. The molecule has 1 aliphatic heterocycles. The maximum absolute atomic E-state index is 12.6. The van der Waals surface area contributed by atoms with Gasteiger partial charge >= 0.3 is 0 Å². The van der Waals surface area contributed by atoms with E-state index >= 15 is 0 Å². The third-order valence-corrected chi connectivity index (χ3v) is 6.87. The van der Waals surface area contributed by atoms with Crippen LogP contribution in [0.15, 0.2) is 33.9 Å². The number of sulfonamides is 1. The second-order valence-corrected chi connectivity index (χ2v) is 9.23. The third-order valence-electron chi connectivity index (χ3n) is 3.90. The van der Waals surface area contributed by atoms with Crippen molar-refractivity contribution in [3.8, 4) is 0 Å². The van der Waals surface area contributed by atoms with Gasteiger partial charge in [0.2, 0.25) is 0 Å². The Balaban J connectivity index is 2.02. The molecule has 0 fully saturated rings. The van der Waals surface area contributed by atoms with Gasteiger partial charge in [-0.05, 0) is 60.3 Å². The topological polar surface area (TPSA) is 67.4 Å². The molecule has 5 nitrogen and oxygen atoms in total. The average molecular weight is 397 g/mol. The molecule has 0 radical (unpaired) electrons. The largest absolute Gasteiger partial charge is 0.467 e. The van der Waals surface area contributed by atoms with Crippen molar-refractivity contribution in [1.82, 2.24) is 0 Å². The smallest absolute Gasteiger partial charge is 0.271 e. The second kappa shape index (κ2) is 7.31. The van der Waals surface area contributed by atoms with Gasteiger partial charge in [-0.2, -0.15) is 0 Å². The summed E-state index contributed by atoms with van der Waals surface area (Å²) >= 11 is 6.39. The quantitative estimate of drug-likeness (QED) is 0.743. The van der Waals surface area contributed by atoms with Crippen LogP contribution in [-0.4, -0.2) is 19.7 Å². The Kier molecular flexibility index (Phi) is 5.31. The van der Waals surface area contributed by atoms with Crippen LogP contribution >= 0.6 is 23.6 Å². The Morgan fingerprint density at radius 3 is 2.92 bits per heavy atom. The summed E-state index contributed by atoms with van der Waals surface area (Å²) in [5, 5.41) is 5.20. The van der Waals surface area contributed by atoms with Gasteiger partial charge in [-0.25, -0.2) is 8.42 Å². The van der Waals surface area contributed by atoms with E-state index in [4.69, 9.17) is 17.0 Å². The van der Waals surface area contributed by atoms with Crippen LogP contribution in [0.1, 0.15) is 31.4 Å². The number of rotatable bonds is 5. The van der Waals surface area contributed by atoms with Gasteiger partial charge in [-0.3, -0.25) is 4.72 Å². The molecule has 0 bridgehead atoms. The SMILES string of the molecule is CCCc1cc2c(cc1NS(=O)(=O)c1cccs1)CC(C)OC(=S)N2. The normalized spacial score (nSPS) is 17.2. The molecule has 2 N–H and O–H groups in total. The Morgan fingerprint density at radius 2 is 2.24 bits per heavy atom. The van der Waals surface area contributed by atoms with Crippen LogP contribution in [0.5, 0.6) is 0 Å². The minimum atomic E-state index is -3.58. The van der Waals surface area contributed by atoms with Crippen LogP contribution in [0.4, 0.5) is 11.4 Å². The fraction of sp³-hybridized carbons (Fsp3) is 0.353. The molecule has 0 saturated carbocycles. The van der Waals surface area contributed by atoms with E-state index in [1.54, 1.807) is 17.5 Å². The molecule has 2 heterocycles. The van der Waals surface area contributed by atoms with Gasteiger partial charge in [0.15, 0.2) is 0 Å². The lowest BCUT2D eigenvalue weighted by molar-refractivity contribution is 0.217. The van der Waals surface area contributed by atoms with Crippen molar-refractivity contribution in [2.75, 3.05) is 10.0 Å². The number of thiocarbonyl (C=S) groups is 1. The number of anilines is 2. The van der Waals surface area contributed by atoms with Gasteiger partial charge in [0.1, 0.15) is 10.3 Å². The van der Waals surface area contributed by atoms with Crippen LogP contribution in [0.3, 0.4) is 0 Å². The predicted molar refractivity (Wildman–Crippen MR) is 106 cm³/mol. The first-order valence-corrected chi connectivity index (χ1v) is 10.9. The standard InChI is InChI=1S/C17H20N2O3S3/c1-3-5-12-9-14-13(8-11(2)22-17(23)18-14)10-15(12)19-25(20,21)16-6-4-7-24-16/h4,6-7,9-11,19H,3,5,8H2,1-2H3,(H,18,23). The summed E-state index contributed by atoms with van der Waals surface area (Å²) in [6.45, 7) is 4.00. The minimum absolute atomic E-state index is 0.0694. The summed E-state index contributed by atoms with van der Waals surface area (Å²) in [4.78, 5) is 0. The van der Waals surface area contributed by atoms with Gasteiger partial charge in [0.05, 0.1) is 5.69 Å². The van der Waals surface area contributed by atoms with E-state index in [1.165, 1.54) is 11.3 Å². The number of nitrogens with one attached hydrogen (secondary N) is 2. The molecule has 25 heavy (non-hydrogen) atoms. The lowest BCUT2D eigenvalue weighted by Crippen LogP contribution is -2.16. The molecule has 0 amide bonds. The molecule has 0 aliphatic carbocycles. The highest BCUT2D eigenvalue weighted by atomic mass is 32.2. The molecule has 3 rings (SSSR count). The van der Waals surface area contributed by atoms with E-state index in [-0.39, 0.29) is 6.10 Å². The van der Waals surface area contributed by atoms with Crippen molar-refractivity contribution in [3.05, 3.63) is 40.8 Å². The molecule has 1 unspecified atom stereocenters. The van der Waals surface area contributed by atoms with Crippen molar-refractivity contribution < 1.29 is 13.2 Å². The van der Waals surface area contributed by atoms with E-state index < -0.39 is 10.0 Å². The van der Waals surface area contributed by atoms with Gasteiger partial charge in [0, 0.05) is 12.1 Å². The predicted octanol–water partition coefficient (Wildman–Crippen LogP) is 4.16. The van der Waals surface area contributed by atoms with Gasteiger partial charge in [-0.15, -0.1) is 11.3 Å². The Hall–Kier alpha value is -1.64. The van der Waals surface area contributed by atoms with Crippen LogP contribution in [-0.2, 0) is 27.6 Å². The van der Waals surface area contributed by atoms with Crippen molar-refractivity contribution in [1.29, 1.82) is 0 Å². The first-order chi connectivity index (χ1) is 11.9. The molecular weight excluding hydrogens is 376 g/mol. The van der Waals surface area contributed by atoms with Crippen LogP contribution in [0, 0.1) is 0 Å². The Morgan fingerprint density at radius 1 is 1.44 bits per heavy atom. The lowest BCUT2D eigenvalue weighted by atomic mass is 10.00. The van der Waals surface area contributed by atoms with Crippen LogP contribution < -0.4 is 10.0 Å². The average Bonchev–Trinajstić information content (AvgIpc) is 3.02. The molecule has 8 heteroatoms. The van der Waals surface area contributed by atoms with Crippen LogP contribution in [0.25, 0.3) is 0 Å². The summed E-state index contributed by atoms with van der Waals surface area (Å²) < 4.78 is 33.9. The molecule has 134 valence electrons. The molecule has 1 atom stereocenters. The molecular formula is C17H20N2O3S3. The molecule has 1 aromatic carbocycles. The van der Waals surface area contributed by atoms with Crippen molar-refractivity contribution in [2.45, 2.75) is 43.4 Å². The highest BCUT2D eigenvalue weighted by molar-refractivity contribution is 7.94. The number of hydrogen-bond acceptors (Lipinski definition) is 5. The Labute approximate surface area is 157 Å². The molecule has 0 spiro atoms.